The van der Waals surface area contributed by atoms with Crippen molar-refractivity contribution in [3.8, 4) is 5.69 Å². The molecule has 1 aliphatic rings. The number of benzene rings is 1. The third-order valence-electron chi connectivity index (χ3n) is 4.55. The molecular weight excluding hydrogens is 364 g/mol. The van der Waals surface area contributed by atoms with Gasteiger partial charge in [0, 0.05) is 6.04 Å². The van der Waals surface area contributed by atoms with Crippen LogP contribution in [0.5, 0.6) is 0 Å². The second kappa shape index (κ2) is 8.98. The first-order valence-electron chi connectivity index (χ1n) is 9.16. The molecule has 8 nitrogen and oxygen atoms in total. The standard InChI is InChI=1S/C18H24N6O2S/c1-12-8-10-15(11-9-12)24-18(21-22-23-24)27-13(2)16(25)20-17(26)19-14-6-4-3-5-7-14/h8-11,13-14H,3-7H2,1-2H3,(H2,19,20,25,26)/t13-/m1/s1. The fraction of sp³-hybridized carbons (Fsp3) is 0.500. The Morgan fingerprint density at radius 1 is 1.19 bits per heavy atom. The highest BCUT2D eigenvalue weighted by Gasteiger charge is 2.22. The summed E-state index contributed by atoms with van der Waals surface area (Å²) in [7, 11) is 0. The number of hydrogen-bond donors (Lipinski definition) is 2. The molecule has 27 heavy (non-hydrogen) atoms. The lowest BCUT2D eigenvalue weighted by Gasteiger charge is -2.23. The molecule has 2 N–H and O–H groups in total. The monoisotopic (exact) mass is 388 g/mol. The second-order valence-electron chi connectivity index (χ2n) is 6.77. The Morgan fingerprint density at radius 2 is 1.89 bits per heavy atom. The summed E-state index contributed by atoms with van der Waals surface area (Å²) in [6, 6.07) is 7.49. The molecule has 1 aromatic carbocycles. The van der Waals surface area contributed by atoms with E-state index in [1.54, 1.807) is 11.6 Å². The highest BCUT2D eigenvalue weighted by molar-refractivity contribution is 8.00. The third kappa shape index (κ3) is 5.29. The number of aromatic nitrogens is 4. The summed E-state index contributed by atoms with van der Waals surface area (Å²) in [5.41, 5.74) is 1.95. The van der Waals surface area contributed by atoms with E-state index in [0.717, 1.165) is 36.9 Å². The molecule has 144 valence electrons. The van der Waals surface area contributed by atoms with Crippen molar-refractivity contribution in [3.63, 3.8) is 0 Å². The van der Waals surface area contributed by atoms with E-state index in [9.17, 15) is 9.59 Å². The van der Waals surface area contributed by atoms with Crippen molar-refractivity contribution in [2.45, 2.75) is 62.4 Å². The Hall–Kier alpha value is -2.42. The summed E-state index contributed by atoms with van der Waals surface area (Å²) >= 11 is 1.21. The molecule has 9 heteroatoms. The first-order valence-corrected chi connectivity index (χ1v) is 10.0. The lowest BCUT2D eigenvalue weighted by molar-refractivity contribution is -0.119. The number of carbonyl (C=O) groups excluding carboxylic acids is 2. The summed E-state index contributed by atoms with van der Waals surface area (Å²) in [4.78, 5) is 24.4. The van der Waals surface area contributed by atoms with Gasteiger partial charge in [0.2, 0.25) is 11.1 Å². The van der Waals surface area contributed by atoms with E-state index in [2.05, 4.69) is 26.2 Å². The van der Waals surface area contributed by atoms with Gasteiger partial charge in [0.1, 0.15) is 0 Å². The fourth-order valence-corrected chi connectivity index (χ4v) is 3.80. The summed E-state index contributed by atoms with van der Waals surface area (Å²) in [6.45, 7) is 3.73. The van der Waals surface area contributed by atoms with Crippen LogP contribution in [0.2, 0.25) is 0 Å². The molecule has 3 rings (SSSR count). The molecule has 1 atom stereocenters. The van der Waals surface area contributed by atoms with Crippen molar-refractivity contribution in [2.75, 3.05) is 0 Å². The zero-order chi connectivity index (χ0) is 19.2. The number of imide groups is 1. The molecule has 1 aliphatic carbocycles. The molecule has 0 saturated heterocycles. The Bertz CT molecular complexity index is 785. The van der Waals surface area contributed by atoms with E-state index in [-0.39, 0.29) is 11.9 Å². The maximum absolute atomic E-state index is 12.3. The van der Waals surface area contributed by atoms with Gasteiger partial charge in [-0.15, -0.1) is 5.10 Å². The molecule has 1 heterocycles. The van der Waals surface area contributed by atoms with Gasteiger partial charge in [-0.05, 0) is 49.2 Å². The number of carbonyl (C=O) groups is 2. The summed E-state index contributed by atoms with van der Waals surface area (Å²) < 4.78 is 1.58. The van der Waals surface area contributed by atoms with Crippen LogP contribution < -0.4 is 10.6 Å². The van der Waals surface area contributed by atoms with Gasteiger partial charge in [0.05, 0.1) is 10.9 Å². The Balaban J connectivity index is 1.56. The quantitative estimate of drug-likeness (QED) is 0.764. The smallest absolute Gasteiger partial charge is 0.321 e. The van der Waals surface area contributed by atoms with Crippen molar-refractivity contribution in [2.24, 2.45) is 0 Å². The second-order valence-corrected chi connectivity index (χ2v) is 8.07. The average Bonchev–Trinajstić information content (AvgIpc) is 3.11. The van der Waals surface area contributed by atoms with Crippen molar-refractivity contribution in [1.82, 2.24) is 30.8 Å². The maximum Gasteiger partial charge on any atom is 0.321 e. The van der Waals surface area contributed by atoms with Crippen LogP contribution in [-0.2, 0) is 4.79 Å². The minimum Gasteiger partial charge on any atom is -0.335 e. The van der Waals surface area contributed by atoms with Crippen molar-refractivity contribution in [1.29, 1.82) is 0 Å². The zero-order valence-corrected chi connectivity index (χ0v) is 16.3. The van der Waals surface area contributed by atoms with Gasteiger partial charge in [0.15, 0.2) is 0 Å². The minimum atomic E-state index is -0.516. The van der Waals surface area contributed by atoms with Crippen molar-refractivity contribution < 1.29 is 9.59 Å². The van der Waals surface area contributed by atoms with E-state index in [0.29, 0.717) is 5.16 Å². The third-order valence-corrected chi connectivity index (χ3v) is 5.58. The Morgan fingerprint density at radius 3 is 2.59 bits per heavy atom. The van der Waals surface area contributed by atoms with Crippen LogP contribution in [0.3, 0.4) is 0 Å². The average molecular weight is 388 g/mol. The van der Waals surface area contributed by atoms with Crippen molar-refractivity contribution >= 4 is 23.7 Å². The highest BCUT2D eigenvalue weighted by atomic mass is 32.2. The Labute approximate surface area is 162 Å². The number of tetrazole rings is 1. The molecule has 0 radical (unpaired) electrons. The van der Waals surface area contributed by atoms with Crippen LogP contribution in [-0.4, -0.2) is 43.4 Å². The van der Waals surface area contributed by atoms with Crippen molar-refractivity contribution in [3.05, 3.63) is 29.8 Å². The molecular formula is C18H24N6O2S. The van der Waals surface area contributed by atoms with E-state index in [1.165, 1.54) is 18.2 Å². The number of aryl methyl sites for hydroxylation is 1. The normalized spacial score (nSPS) is 15.9. The van der Waals surface area contributed by atoms with E-state index >= 15 is 0 Å². The first-order chi connectivity index (χ1) is 13.0. The summed E-state index contributed by atoms with van der Waals surface area (Å²) in [6.07, 6.45) is 5.39. The maximum atomic E-state index is 12.3. The molecule has 1 aromatic heterocycles. The molecule has 1 fully saturated rings. The lowest BCUT2D eigenvalue weighted by Crippen LogP contribution is -2.47. The largest absolute Gasteiger partial charge is 0.335 e. The van der Waals surface area contributed by atoms with Gasteiger partial charge in [-0.1, -0.05) is 48.7 Å². The van der Waals surface area contributed by atoms with Crippen LogP contribution >= 0.6 is 11.8 Å². The minimum absolute atomic E-state index is 0.156. The van der Waals surface area contributed by atoms with Gasteiger partial charge in [-0.2, -0.15) is 4.68 Å². The van der Waals surface area contributed by atoms with Crippen LogP contribution in [0.1, 0.15) is 44.6 Å². The zero-order valence-electron chi connectivity index (χ0n) is 15.5. The van der Waals surface area contributed by atoms with Crippen LogP contribution in [0.4, 0.5) is 4.79 Å². The van der Waals surface area contributed by atoms with E-state index in [4.69, 9.17) is 0 Å². The molecule has 0 aliphatic heterocycles. The number of urea groups is 1. The van der Waals surface area contributed by atoms with E-state index < -0.39 is 11.3 Å². The van der Waals surface area contributed by atoms with Crippen LogP contribution in [0.25, 0.3) is 5.69 Å². The molecule has 0 spiro atoms. The highest BCUT2D eigenvalue weighted by Crippen LogP contribution is 2.23. The number of nitrogens with zero attached hydrogens (tertiary/aromatic N) is 4. The van der Waals surface area contributed by atoms with Gasteiger partial charge in [-0.25, -0.2) is 4.79 Å². The predicted octanol–water partition coefficient (Wildman–Crippen LogP) is 2.61. The van der Waals surface area contributed by atoms with E-state index in [1.807, 2.05) is 31.2 Å². The first kappa shape index (κ1) is 19.3. The van der Waals surface area contributed by atoms with Gasteiger partial charge in [0.25, 0.3) is 0 Å². The number of nitrogens with one attached hydrogen (secondary N) is 2. The number of hydrogen-bond acceptors (Lipinski definition) is 6. The van der Waals surface area contributed by atoms with Gasteiger partial charge < -0.3 is 5.32 Å². The summed E-state index contributed by atoms with van der Waals surface area (Å²) in [5.74, 6) is -0.369. The number of rotatable bonds is 5. The van der Waals surface area contributed by atoms with Crippen LogP contribution in [0.15, 0.2) is 29.4 Å². The number of amides is 3. The van der Waals surface area contributed by atoms with Gasteiger partial charge in [-0.3, -0.25) is 10.1 Å². The summed E-state index contributed by atoms with van der Waals surface area (Å²) in [5, 5.41) is 17.0. The SMILES string of the molecule is Cc1ccc(-n2nnnc2S[C@H](C)C(=O)NC(=O)NC2CCCCC2)cc1. The molecule has 0 bridgehead atoms. The molecule has 0 unspecified atom stereocenters. The number of thioether (sulfide) groups is 1. The van der Waals surface area contributed by atoms with Gasteiger partial charge >= 0.3 is 6.03 Å². The fourth-order valence-electron chi connectivity index (χ4n) is 2.99. The molecule has 1 saturated carbocycles. The van der Waals surface area contributed by atoms with Crippen LogP contribution in [0, 0.1) is 6.92 Å². The molecule has 3 amide bonds. The lowest BCUT2D eigenvalue weighted by atomic mass is 9.96. The topological polar surface area (TPSA) is 102 Å². The predicted molar refractivity (Wildman–Crippen MR) is 103 cm³/mol. The Kier molecular flexibility index (Phi) is 6.44. The molecule has 2 aromatic rings.